The number of rotatable bonds is 7. The quantitative estimate of drug-likeness (QED) is 0.569. The topological polar surface area (TPSA) is 131 Å². The predicted molar refractivity (Wildman–Crippen MR) is 136 cm³/mol. The minimum atomic E-state index is -0.416. The number of ether oxygens (including phenoxy) is 3. The fourth-order valence-corrected chi connectivity index (χ4v) is 4.16. The third-order valence-electron chi connectivity index (χ3n) is 6.50. The summed E-state index contributed by atoms with van der Waals surface area (Å²) in [6.07, 6.45) is 2.35. The van der Waals surface area contributed by atoms with Gasteiger partial charge in [0.05, 0.1) is 51.5 Å². The number of methoxy groups -OCH3 is 2. The Kier molecular flexibility index (Phi) is 10.1. The molecule has 2 aromatic rings. The Morgan fingerprint density at radius 2 is 2.14 bits per heavy atom. The van der Waals surface area contributed by atoms with Crippen molar-refractivity contribution in [3.8, 4) is 11.5 Å². The van der Waals surface area contributed by atoms with Gasteiger partial charge in [-0.05, 0) is 25.5 Å². The molecule has 3 amide bonds. The maximum atomic E-state index is 13.1. The van der Waals surface area contributed by atoms with Gasteiger partial charge in [-0.15, -0.1) is 5.10 Å². The second-order valence-electron chi connectivity index (χ2n) is 9.36. The van der Waals surface area contributed by atoms with E-state index in [0.717, 1.165) is 0 Å². The number of hydrogen-bond donors (Lipinski definition) is 2. The van der Waals surface area contributed by atoms with Crippen LogP contribution in [0.2, 0.25) is 0 Å². The highest BCUT2D eigenvalue weighted by atomic mass is 16.5. The van der Waals surface area contributed by atoms with Crippen molar-refractivity contribution in [3.63, 3.8) is 0 Å². The van der Waals surface area contributed by atoms with Gasteiger partial charge in [0, 0.05) is 45.1 Å². The average molecular weight is 519 g/mol. The molecule has 1 aromatic carbocycles. The van der Waals surface area contributed by atoms with Crippen LogP contribution in [0.15, 0.2) is 24.4 Å². The van der Waals surface area contributed by atoms with Gasteiger partial charge in [-0.25, -0.2) is 4.79 Å². The lowest BCUT2D eigenvalue weighted by Gasteiger charge is -2.35. The molecular formula is C25H38N6O6. The first-order valence-corrected chi connectivity index (χ1v) is 12.4. The summed E-state index contributed by atoms with van der Waals surface area (Å²) in [5.41, 5.74) is 1.19. The number of carbonyl (C=O) groups excluding carboxylic acids is 2. The third kappa shape index (κ3) is 7.56. The van der Waals surface area contributed by atoms with Crippen LogP contribution in [0, 0.1) is 5.92 Å². The predicted octanol–water partition coefficient (Wildman–Crippen LogP) is 1.98. The largest absolute Gasteiger partial charge is 0.497 e. The zero-order valence-corrected chi connectivity index (χ0v) is 22.2. The number of urea groups is 1. The first kappa shape index (κ1) is 28.2. The normalized spacial score (nSPS) is 19.7. The molecule has 0 aliphatic carbocycles. The molecule has 12 heteroatoms. The Hall–Kier alpha value is -3.38. The number of amides is 3. The number of nitrogens with one attached hydrogen (secondary N) is 1. The van der Waals surface area contributed by atoms with Crippen molar-refractivity contribution in [1.82, 2.24) is 24.8 Å². The molecule has 3 atom stereocenters. The molecule has 1 aliphatic rings. The number of aryl methyl sites for hydroxylation is 1. The van der Waals surface area contributed by atoms with Crippen LogP contribution >= 0.6 is 0 Å². The van der Waals surface area contributed by atoms with E-state index in [4.69, 9.17) is 14.2 Å². The van der Waals surface area contributed by atoms with Gasteiger partial charge in [-0.2, -0.15) is 0 Å². The number of aliphatic hydroxyl groups is 1. The van der Waals surface area contributed by atoms with Crippen LogP contribution in [0.3, 0.4) is 0 Å². The van der Waals surface area contributed by atoms with E-state index in [0.29, 0.717) is 48.8 Å². The van der Waals surface area contributed by atoms with Gasteiger partial charge < -0.3 is 34.4 Å². The van der Waals surface area contributed by atoms with Crippen molar-refractivity contribution in [2.75, 3.05) is 46.3 Å². The summed E-state index contributed by atoms with van der Waals surface area (Å²) in [6.45, 7) is 5.10. The van der Waals surface area contributed by atoms with E-state index >= 15 is 0 Å². The Morgan fingerprint density at radius 3 is 2.84 bits per heavy atom. The number of aliphatic hydroxyl groups excluding tert-OH is 1. The molecule has 0 spiro atoms. The summed E-state index contributed by atoms with van der Waals surface area (Å²) in [6, 6.07) is 4.47. The van der Waals surface area contributed by atoms with Gasteiger partial charge in [0.25, 0.3) is 0 Å². The molecule has 2 N–H and O–H groups in total. The van der Waals surface area contributed by atoms with Crippen molar-refractivity contribution in [3.05, 3.63) is 30.1 Å². The van der Waals surface area contributed by atoms with Crippen molar-refractivity contribution in [2.24, 2.45) is 5.92 Å². The van der Waals surface area contributed by atoms with E-state index < -0.39 is 6.10 Å². The number of benzene rings is 1. The Balaban J connectivity index is 1.76. The average Bonchev–Trinajstić information content (AvgIpc) is 3.36. The second kappa shape index (κ2) is 13.2. The summed E-state index contributed by atoms with van der Waals surface area (Å²) in [4.78, 5) is 29.3. The number of anilines is 1. The fraction of sp³-hybridized carbons (Fsp3) is 0.600. The molecule has 0 fully saturated rings. The molecule has 2 heterocycles. The monoisotopic (exact) mass is 518 g/mol. The fourth-order valence-electron chi connectivity index (χ4n) is 4.16. The van der Waals surface area contributed by atoms with Crippen LogP contribution in [0.1, 0.15) is 32.4 Å². The molecule has 0 saturated heterocycles. The summed E-state index contributed by atoms with van der Waals surface area (Å²) >= 11 is 0. The maximum absolute atomic E-state index is 13.1. The number of carbonyl (C=O) groups is 2. The molecule has 0 radical (unpaired) electrons. The number of aromatic nitrogens is 3. The Morgan fingerprint density at radius 1 is 1.35 bits per heavy atom. The van der Waals surface area contributed by atoms with Crippen LogP contribution in [-0.4, -0.2) is 94.9 Å². The summed E-state index contributed by atoms with van der Waals surface area (Å²) in [5.74, 6) is 0.912. The van der Waals surface area contributed by atoms with Crippen LogP contribution in [0.5, 0.6) is 11.5 Å². The number of fused-ring (bicyclic) bond motifs is 2. The molecule has 37 heavy (non-hydrogen) atoms. The summed E-state index contributed by atoms with van der Waals surface area (Å²) in [5, 5.41) is 20.9. The van der Waals surface area contributed by atoms with Gasteiger partial charge in [-0.1, -0.05) is 12.1 Å². The van der Waals surface area contributed by atoms with E-state index in [2.05, 4.69) is 15.6 Å². The standard InChI is InChI=1S/C25H38N6O6/c1-17-12-31(18(2)15-32)24(33)7-6-10-30-13-19(27-28-30)16-37-23(17)14-29(3)25(34)26-21-9-8-20(35-4)11-22(21)36-5/h8-9,11,13,17-18,23,32H,6-7,10,12,14-16H2,1-5H3,(H,26,34)/t17-,18+,23-/m0/s1. The minimum absolute atomic E-state index is 0.0376. The third-order valence-corrected chi connectivity index (χ3v) is 6.50. The van der Waals surface area contributed by atoms with Crippen LogP contribution < -0.4 is 14.8 Å². The van der Waals surface area contributed by atoms with Crippen LogP contribution in [0.4, 0.5) is 10.5 Å². The smallest absolute Gasteiger partial charge is 0.321 e. The van der Waals surface area contributed by atoms with Crippen molar-refractivity contribution < 1.29 is 28.9 Å². The van der Waals surface area contributed by atoms with E-state index in [1.54, 1.807) is 41.9 Å². The van der Waals surface area contributed by atoms with E-state index in [-0.39, 0.29) is 43.7 Å². The molecule has 0 unspecified atom stereocenters. The number of nitrogens with zero attached hydrogens (tertiary/aromatic N) is 5. The van der Waals surface area contributed by atoms with Crippen LogP contribution in [-0.2, 0) is 22.7 Å². The zero-order chi connectivity index (χ0) is 26.9. The van der Waals surface area contributed by atoms with Crippen LogP contribution in [0.25, 0.3) is 0 Å². The first-order valence-electron chi connectivity index (χ1n) is 12.4. The molecule has 204 valence electrons. The van der Waals surface area contributed by atoms with Gasteiger partial charge in [0.2, 0.25) is 5.91 Å². The zero-order valence-electron chi connectivity index (χ0n) is 22.2. The molecule has 3 rings (SSSR count). The molecule has 2 bridgehead atoms. The first-order chi connectivity index (χ1) is 17.7. The Bertz CT molecular complexity index is 1050. The van der Waals surface area contributed by atoms with Crippen molar-refractivity contribution in [2.45, 2.75) is 52.0 Å². The van der Waals surface area contributed by atoms with Gasteiger partial charge in [0.1, 0.15) is 17.2 Å². The minimum Gasteiger partial charge on any atom is -0.497 e. The van der Waals surface area contributed by atoms with E-state index in [1.165, 1.54) is 12.0 Å². The molecule has 12 nitrogen and oxygen atoms in total. The highest BCUT2D eigenvalue weighted by Gasteiger charge is 2.29. The molecule has 0 saturated carbocycles. The van der Waals surface area contributed by atoms with Gasteiger partial charge in [-0.3, -0.25) is 9.48 Å². The lowest BCUT2D eigenvalue weighted by Crippen LogP contribution is -2.48. The van der Waals surface area contributed by atoms with Gasteiger partial charge in [0.15, 0.2) is 0 Å². The molecular weight excluding hydrogens is 480 g/mol. The van der Waals surface area contributed by atoms with E-state index in [1.807, 2.05) is 20.0 Å². The second-order valence-corrected chi connectivity index (χ2v) is 9.36. The van der Waals surface area contributed by atoms with E-state index in [9.17, 15) is 14.7 Å². The van der Waals surface area contributed by atoms with Crippen molar-refractivity contribution >= 4 is 17.6 Å². The molecule has 1 aromatic heterocycles. The SMILES string of the molecule is COc1ccc(NC(=O)N(C)C[C@@H]2OCc3cn(nn3)CCCC(=O)N([C@H](C)CO)C[C@@H]2C)c(OC)c1. The lowest BCUT2D eigenvalue weighted by atomic mass is 10.0. The van der Waals surface area contributed by atoms with Crippen molar-refractivity contribution in [1.29, 1.82) is 0 Å². The highest BCUT2D eigenvalue weighted by molar-refractivity contribution is 5.91. The summed E-state index contributed by atoms with van der Waals surface area (Å²) in [7, 11) is 4.76. The van der Waals surface area contributed by atoms with Gasteiger partial charge >= 0.3 is 6.03 Å². The number of likely N-dealkylation sites (N-methyl/N-ethyl adjacent to an activating group) is 1. The molecule has 1 aliphatic heterocycles. The lowest BCUT2D eigenvalue weighted by molar-refractivity contribution is -0.136. The Labute approximate surface area is 217 Å². The maximum Gasteiger partial charge on any atom is 0.321 e. The summed E-state index contributed by atoms with van der Waals surface area (Å²) < 4.78 is 18.5. The highest BCUT2D eigenvalue weighted by Crippen LogP contribution is 2.29. The number of hydrogen-bond acceptors (Lipinski definition) is 8.